The van der Waals surface area contributed by atoms with E-state index in [1.165, 1.54) is 30.6 Å². The minimum atomic E-state index is -0.983. The SMILES string of the molecule is CCOC(=O)C1=C(C)N(c2ccccc2)[C@]2(SC(C(=O)OC)=NN2c2ccccc2C)S1. The molecule has 1 atom stereocenters. The topological polar surface area (TPSA) is 71.4 Å². The number of hydrazone groups is 1. The van der Waals surface area contributed by atoms with E-state index in [1.54, 1.807) is 11.9 Å². The molecule has 32 heavy (non-hydrogen) atoms. The Morgan fingerprint density at radius 3 is 2.34 bits per heavy atom. The number of esters is 2. The number of allylic oxidation sites excluding steroid dienone is 1. The molecule has 1 spiro atoms. The number of hydrogen-bond donors (Lipinski definition) is 0. The zero-order valence-electron chi connectivity index (χ0n) is 18.2. The molecule has 0 saturated heterocycles. The maximum Gasteiger partial charge on any atom is 0.365 e. The van der Waals surface area contributed by atoms with Gasteiger partial charge in [0.25, 0.3) is 0 Å². The van der Waals surface area contributed by atoms with Crippen LogP contribution in [0.15, 0.2) is 70.3 Å². The third kappa shape index (κ3) is 3.65. The Hall–Kier alpha value is -2.91. The van der Waals surface area contributed by atoms with Crippen molar-refractivity contribution >= 4 is 51.9 Å². The number of nitrogens with zero attached hydrogens (tertiary/aromatic N) is 3. The zero-order chi connectivity index (χ0) is 22.9. The Balaban J connectivity index is 1.92. The van der Waals surface area contributed by atoms with Crippen LogP contribution in [0.5, 0.6) is 0 Å². The highest BCUT2D eigenvalue weighted by Gasteiger charge is 2.58. The maximum absolute atomic E-state index is 12.9. The summed E-state index contributed by atoms with van der Waals surface area (Å²) < 4.78 is 9.34. The fourth-order valence-electron chi connectivity index (χ4n) is 3.61. The molecule has 0 N–H and O–H groups in total. The highest BCUT2D eigenvalue weighted by Crippen LogP contribution is 2.60. The van der Waals surface area contributed by atoms with Crippen LogP contribution >= 0.6 is 23.5 Å². The summed E-state index contributed by atoms with van der Waals surface area (Å²) in [6.07, 6.45) is 0. The predicted molar refractivity (Wildman–Crippen MR) is 129 cm³/mol. The van der Waals surface area contributed by atoms with Gasteiger partial charge in [-0.3, -0.25) is 0 Å². The van der Waals surface area contributed by atoms with Gasteiger partial charge < -0.3 is 14.4 Å². The van der Waals surface area contributed by atoms with Gasteiger partial charge in [-0.2, -0.15) is 5.10 Å². The van der Waals surface area contributed by atoms with E-state index < -0.39 is 16.3 Å². The fraction of sp³-hybridized carbons (Fsp3) is 0.261. The van der Waals surface area contributed by atoms with E-state index in [0.717, 1.165) is 22.6 Å². The lowest BCUT2D eigenvalue weighted by Crippen LogP contribution is -2.49. The summed E-state index contributed by atoms with van der Waals surface area (Å²) in [5, 5.41) is 6.68. The summed E-state index contributed by atoms with van der Waals surface area (Å²) in [6, 6.07) is 17.5. The first-order valence-electron chi connectivity index (χ1n) is 10.1. The summed E-state index contributed by atoms with van der Waals surface area (Å²) in [4.78, 5) is 27.9. The third-order valence-electron chi connectivity index (χ3n) is 5.05. The summed E-state index contributed by atoms with van der Waals surface area (Å²) in [6.45, 7) is 5.92. The number of ether oxygens (including phenoxy) is 2. The number of hydrogen-bond acceptors (Lipinski definition) is 9. The lowest BCUT2D eigenvalue weighted by Gasteiger charge is -2.41. The second-order valence-electron chi connectivity index (χ2n) is 7.05. The summed E-state index contributed by atoms with van der Waals surface area (Å²) in [5.41, 5.74) is 3.40. The van der Waals surface area contributed by atoms with Crippen molar-refractivity contribution in [2.24, 2.45) is 5.10 Å². The number of anilines is 2. The van der Waals surface area contributed by atoms with Crippen LogP contribution in [0.25, 0.3) is 0 Å². The lowest BCUT2D eigenvalue weighted by atomic mass is 10.2. The summed E-state index contributed by atoms with van der Waals surface area (Å²) >= 11 is 2.57. The Morgan fingerprint density at radius 2 is 1.69 bits per heavy atom. The van der Waals surface area contributed by atoms with Crippen molar-refractivity contribution < 1.29 is 19.1 Å². The smallest absolute Gasteiger partial charge is 0.365 e. The molecule has 0 aliphatic carbocycles. The molecule has 2 heterocycles. The second-order valence-corrected chi connectivity index (χ2v) is 9.65. The van der Waals surface area contributed by atoms with Gasteiger partial charge in [-0.25, -0.2) is 14.6 Å². The molecule has 7 nitrogen and oxygen atoms in total. The molecule has 2 aliphatic rings. The van der Waals surface area contributed by atoms with Gasteiger partial charge in [0.15, 0.2) is 0 Å². The number of carbonyl (C=O) groups excluding carboxylic acids is 2. The quantitative estimate of drug-likeness (QED) is 0.584. The Bertz CT molecular complexity index is 1120. The number of rotatable bonds is 5. The zero-order valence-corrected chi connectivity index (χ0v) is 19.8. The minimum Gasteiger partial charge on any atom is -0.464 e. The van der Waals surface area contributed by atoms with Crippen LogP contribution in [0.4, 0.5) is 11.4 Å². The molecule has 4 rings (SSSR count). The van der Waals surface area contributed by atoms with E-state index >= 15 is 0 Å². The molecule has 0 radical (unpaired) electrons. The van der Waals surface area contributed by atoms with E-state index in [9.17, 15) is 9.59 Å². The van der Waals surface area contributed by atoms with Gasteiger partial charge in [-0.05, 0) is 56.3 Å². The number of carbonyl (C=O) groups is 2. The molecule has 0 amide bonds. The molecule has 2 aromatic carbocycles. The van der Waals surface area contributed by atoms with Crippen LogP contribution < -0.4 is 9.91 Å². The summed E-state index contributed by atoms with van der Waals surface area (Å²) in [5.74, 6) is -0.925. The van der Waals surface area contributed by atoms with Gasteiger partial charge in [-0.15, -0.1) is 0 Å². The van der Waals surface area contributed by atoms with Gasteiger partial charge in [-0.1, -0.05) is 48.2 Å². The molecule has 9 heteroatoms. The van der Waals surface area contributed by atoms with Crippen molar-refractivity contribution in [2.45, 2.75) is 25.1 Å². The highest BCUT2D eigenvalue weighted by atomic mass is 32.2. The van der Waals surface area contributed by atoms with Crippen molar-refractivity contribution in [2.75, 3.05) is 23.6 Å². The molecule has 0 bridgehead atoms. The number of para-hydroxylation sites is 2. The number of aryl methyl sites for hydroxylation is 1. The maximum atomic E-state index is 12.9. The average molecular weight is 470 g/mol. The number of benzene rings is 2. The van der Waals surface area contributed by atoms with E-state index in [0.29, 0.717) is 4.91 Å². The van der Waals surface area contributed by atoms with Crippen LogP contribution in [-0.4, -0.2) is 35.0 Å². The average Bonchev–Trinajstić information content (AvgIpc) is 3.32. The van der Waals surface area contributed by atoms with Crippen molar-refractivity contribution in [1.82, 2.24) is 0 Å². The van der Waals surface area contributed by atoms with Crippen molar-refractivity contribution in [1.29, 1.82) is 0 Å². The standard InChI is InChI=1S/C23H23N3O4S2/c1-5-30-21(27)19-16(3)25(17-12-7-6-8-13-17)23(31-19)26(18-14-10-9-11-15(18)2)24-20(32-23)22(28)29-4/h6-14H,5H2,1-4H3/t23-/m1/s1. The van der Waals surface area contributed by atoms with Gasteiger partial charge in [0.1, 0.15) is 4.91 Å². The second kappa shape index (κ2) is 8.91. The molecular weight excluding hydrogens is 446 g/mol. The Kier molecular flexibility index (Phi) is 6.21. The van der Waals surface area contributed by atoms with Crippen LogP contribution in [0.2, 0.25) is 0 Å². The molecule has 166 valence electrons. The fourth-order valence-corrected chi connectivity index (χ4v) is 6.57. The van der Waals surface area contributed by atoms with Crippen LogP contribution in [0.1, 0.15) is 19.4 Å². The highest BCUT2D eigenvalue weighted by molar-refractivity contribution is 8.29. The molecule has 0 unspecified atom stereocenters. The molecular formula is C23H23N3O4S2. The van der Waals surface area contributed by atoms with Gasteiger partial charge in [0, 0.05) is 11.4 Å². The number of methoxy groups -OCH3 is 1. The first kappa shape index (κ1) is 22.3. The lowest BCUT2D eigenvalue weighted by molar-refractivity contribution is -0.137. The van der Waals surface area contributed by atoms with Gasteiger partial charge in [0.05, 0.1) is 19.4 Å². The van der Waals surface area contributed by atoms with Crippen LogP contribution in [-0.2, 0) is 19.1 Å². The molecule has 0 saturated carbocycles. The van der Waals surface area contributed by atoms with Gasteiger partial charge in [0.2, 0.25) is 9.37 Å². The molecule has 0 fully saturated rings. The van der Waals surface area contributed by atoms with Crippen molar-refractivity contribution in [3.05, 3.63) is 70.8 Å². The van der Waals surface area contributed by atoms with Crippen molar-refractivity contribution in [3.8, 4) is 0 Å². The monoisotopic (exact) mass is 469 g/mol. The van der Waals surface area contributed by atoms with E-state index in [4.69, 9.17) is 9.47 Å². The third-order valence-corrected chi connectivity index (χ3v) is 7.90. The molecule has 0 aromatic heterocycles. The largest absolute Gasteiger partial charge is 0.464 e. The molecule has 2 aromatic rings. The van der Waals surface area contributed by atoms with E-state index in [1.807, 2.05) is 73.3 Å². The molecule has 2 aliphatic heterocycles. The Labute approximate surface area is 195 Å². The predicted octanol–water partition coefficient (Wildman–Crippen LogP) is 4.69. The minimum absolute atomic E-state index is 0.210. The Morgan fingerprint density at radius 1 is 1.00 bits per heavy atom. The first-order valence-corrected chi connectivity index (χ1v) is 11.7. The normalized spacial score (nSPS) is 20.1. The number of thioether (sulfide) groups is 2. The van der Waals surface area contributed by atoms with Gasteiger partial charge >= 0.3 is 11.9 Å². The van der Waals surface area contributed by atoms with Crippen LogP contribution in [0, 0.1) is 6.92 Å². The van der Waals surface area contributed by atoms with Crippen molar-refractivity contribution in [3.63, 3.8) is 0 Å². The van der Waals surface area contributed by atoms with E-state index in [2.05, 4.69) is 5.10 Å². The summed E-state index contributed by atoms with van der Waals surface area (Å²) in [7, 11) is 1.33. The van der Waals surface area contributed by atoms with Crippen LogP contribution in [0.3, 0.4) is 0 Å². The first-order chi connectivity index (χ1) is 15.4. The van der Waals surface area contributed by atoms with E-state index in [-0.39, 0.29) is 11.7 Å².